The van der Waals surface area contributed by atoms with E-state index in [1.807, 2.05) is 0 Å². The quantitative estimate of drug-likeness (QED) is 0.283. The fourth-order valence-electron chi connectivity index (χ4n) is 2.91. The zero-order chi connectivity index (χ0) is 22.4. The number of thioether (sulfide) groups is 1. The Morgan fingerprint density at radius 3 is 2.52 bits per heavy atom. The van der Waals surface area contributed by atoms with Gasteiger partial charge in [-0.2, -0.15) is 0 Å². The molecule has 0 saturated carbocycles. The summed E-state index contributed by atoms with van der Waals surface area (Å²) >= 11 is 1.12. The predicted molar refractivity (Wildman–Crippen MR) is 113 cm³/mol. The Hall–Kier alpha value is -3.27. The summed E-state index contributed by atoms with van der Waals surface area (Å²) in [5, 5.41) is 8.11. The normalized spacial score (nSPS) is 10.7. The lowest BCUT2D eigenvalue weighted by atomic mass is 10.1. The summed E-state index contributed by atoms with van der Waals surface area (Å²) in [6.07, 6.45) is 0. The van der Waals surface area contributed by atoms with Gasteiger partial charge in [-0.3, -0.25) is 4.79 Å². The molecule has 0 aliphatic heterocycles. The van der Waals surface area contributed by atoms with E-state index in [2.05, 4.69) is 15.2 Å². The second kappa shape index (κ2) is 10.2. The summed E-state index contributed by atoms with van der Waals surface area (Å²) < 4.78 is 21.3. The number of ether oxygens (including phenoxy) is 3. The second-order valence-corrected chi connectivity index (χ2v) is 7.41. The maximum atomic E-state index is 12.6. The summed E-state index contributed by atoms with van der Waals surface area (Å²) in [6.45, 7) is 5.55. The van der Waals surface area contributed by atoms with Crippen molar-refractivity contribution in [2.45, 2.75) is 32.6 Å². The largest absolute Gasteiger partial charge is 0.497 e. The molecule has 0 amide bonds. The van der Waals surface area contributed by atoms with Crippen LogP contribution in [-0.2, 0) is 11.3 Å². The van der Waals surface area contributed by atoms with E-state index in [-0.39, 0.29) is 30.0 Å². The van der Waals surface area contributed by atoms with Gasteiger partial charge in [0.2, 0.25) is 0 Å². The molecule has 1 aromatic carbocycles. The molecule has 3 rings (SSSR count). The van der Waals surface area contributed by atoms with Crippen LogP contribution < -0.4 is 9.47 Å². The van der Waals surface area contributed by atoms with Gasteiger partial charge in [-0.05, 0) is 50.6 Å². The Morgan fingerprint density at radius 2 is 1.84 bits per heavy atom. The van der Waals surface area contributed by atoms with Gasteiger partial charge in [0.15, 0.2) is 12.4 Å². The van der Waals surface area contributed by atoms with Crippen LogP contribution in [0.2, 0.25) is 0 Å². The number of esters is 1. The first-order valence-electron chi connectivity index (χ1n) is 9.54. The predicted octanol–water partition coefficient (Wildman–Crippen LogP) is 3.75. The van der Waals surface area contributed by atoms with Gasteiger partial charge in [0.25, 0.3) is 11.1 Å². The van der Waals surface area contributed by atoms with Gasteiger partial charge in [-0.25, -0.2) is 4.79 Å². The van der Waals surface area contributed by atoms with Crippen molar-refractivity contribution < 1.29 is 28.2 Å². The lowest BCUT2D eigenvalue weighted by Crippen LogP contribution is -2.08. The van der Waals surface area contributed by atoms with Crippen LogP contribution in [0.5, 0.6) is 11.5 Å². The van der Waals surface area contributed by atoms with Gasteiger partial charge < -0.3 is 23.6 Å². The van der Waals surface area contributed by atoms with Crippen LogP contribution in [0.15, 0.2) is 33.9 Å². The summed E-state index contributed by atoms with van der Waals surface area (Å²) in [7, 11) is 1.59. The van der Waals surface area contributed by atoms with Crippen LogP contribution in [0.1, 0.15) is 44.9 Å². The highest BCUT2D eigenvalue weighted by Gasteiger charge is 2.23. The minimum atomic E-state index is -0.446. The molecular weight excluding hydrogens is 422 g/mol. The van der Waals surface area contributed by atoms with E-state index in [0.29, 0.717) is 34.2 Å². The number of nitrogens with one attached hydrogen (secondary N) is 1. The van der Waals surface area contributed by atoms with Crippen LogP contribution in [0.25, 0.3) is 0 Å². The molecule has 0 aliphatic rings. The molecule has 2 heterocycles. The zero-order valence-electron chi connectivity index (χ0n) is 17.7. The average molecular weight is 445 g/mol. The van der Waals surface area contributed by atoms with E-state index in [1.54, 1.807) is 52.1 Å². The maximum absolute atomic E-state index is 12.6. The third-order valence-corrected chi connectivity index (χ3v) is 5.21. The Balaban J connectivity index is 1.56. The highest BCUT2D eigenvalue weighted by molar-refractivity contribution is 7.99. The summed E-state index contributed by atoms with van der Waals surface area (Å²) in [5.74, 6) is 1.11. The molecule has 164 valence electrons. The van der Waals surface area contributed by atoms with E-state index in [0.717, 1.165) is 17.5 Å². The van der Waals surface area contributed by atoms with E-state index in [4.69, 9.17) is 18.6 Å². The zero-order valence-corrected chi connectivity index (χ0v) is 18.5. The Bertz CT molecular complexity index is 1060. The van der Waals surface area contributed by atoms with Crippen LogP contribution in [0.3, 0.4) is 0 Å². The highest BCUT2D eigenvalue weighted by Crippen LogP contribution is 2.23. The molecule has 0 saturated heterocycles. The third kappa shape index (κ3) is 5.46. The molecule has 3 aromatic rings. The summed E-state index contributed by atoms with van der Waals surface area (Å²) in [5.41, 5.74) is 1.93. The smallest absolute Gasteiger partial charge is 0.340 e. The number of H-pyrrole nitrogens is 1. The number of aromatic amines is 1. The van der Waals surface area contributed by atoms with Crippen molar-refractivity contribution in [1.82, 2.24) is 15.2 Å². The maximum Gasteiger partial charge on any atom is 0.340 e. The minimum absolute atomic E-state index is 0.0734. The number of methoxy groups -OCH3 is 1. The molecule has 0 bridgehead atoms. The first-order chi connectivity index (χ1) is 14.9. The Kier molecular flexibility index (Phi) is 7.35. The lowest BCUT2D eigenvalue weighted by Gasteiger charge is -2.04. The van der Waals surface area contributed by atoms with Crippen molar-refractivity contribution in [3.63, 3.8) is 0 Å². The van der Waals surface area contributed by atoms with E-state index in [9.17, 15) is 9.59 Å². The van der Waals surface area contributed by atoms with Gasteiger partial charge >= 0.3 is 5.97 Å². The van der Waals surface area contributed by atoms with Gasteiger partial charge in [0, 0.05) is 5.69 Å². The number of hydrogen-bond donors (Lipinski definition) is 1. The number of aromatic nitrogens is 3. The van der Waals surface area contributed by atoms with Crippen LogP contribution in [-0.4, -0.2) is 46.4 Å². The lowest BCUT2D eigenvalue weighted by molar-refractivity contribution is 0.0525. The number of ketones is 1. The molecule has 0 aliphatic carbocycles. The van der Waals surface area contributed by atoms with Crippen LogP contribution in [0.4, 0.5) is 0 Å². The molecule has 0 fully saturated rings. The van der Waals surface area contributed by atoms with E-state index < -0.39 is 5.97 Å². The van der Waals surface area contributed by atoms with Crippen molar-refractivity contribution in [2.75, 3.05) is 19.5 Å². The number of nitrogens with zero attached hydrogens (tertiary/aromatic N) is 2. The van der Waals surface area contributed by atoms with Crippen LogP contribution >= 0.6 is 11.8 Å². The molecular formula is C21H23N3O6S. The van der Waals surface area contributed by atoms with E-state index in [1.165, 1.54) is 0 Å². The number of hydrogen-bond acceptors (Lipinski definition) is 9. The third-order valence-electron chi connectivity index (χ3n) is 4.39. The van der Waals surface area contributed by atoms with Gasteiger partial charge in [-0.1, -0.05) is 11.8 Å². The summed E-state index contributed by atoms with van der Waals surface area (Å²) in [4.78, 5) is 27.7. The standard InChI is InChI=1S/C21H23N3O6S/c1-5-28-20(26)18-12(2)19(22-13(18)3)16(25)11-31-21-24-23-17(30-21)10-29-15-8-6-14(27-4)7-9-15/h6-9,22H,5,10-11H2,1-4H3. The second-order valence-electron chi connectivity index (χ2n) is 6.48. The number of rotatable bonds is 10. The topological polar surface area (TPSA) is 117 Å². The number of carbonyl (C=O) groups excluding carboxylic acids is 2. The highest BCUT2D eigenvalue weighted by atomic mass is 32.2. The number of aryl methyl sites for hydroxylation is 1. The average Bonchev–Trinajstić information content (AvgIpc) is 3.34. The Morgan fingerprint density at radius 1 is 1.13 bits per heavy atom. The van der Waals surface area contributed by atoms with Crippen molar-refractivity contribution in [2.24, 2.45) is 0 Å². The first kappa shape index (κ1) is 22.4. The van der Waals surface area contributed by atoms with Crippen molar-refractivity contribution in [3.8, 4) is 11.5 Å². The van der Waals surface area contributed by atoms with Crippen molar-refractivity contribution >= 4 is 23.5 Å². The van der Waals surface area contributed by atoms with Crippen molar-refractivity contribution in [1.29, 1.82) is 0 Å². The number of Topliss-reactive ketones (excluding diaryl/α,β-unsaturated/α-hetero) is 1. The summed E-state index contributed by atoms with van der Waals surface area (Å²) in [6, 6.07) is 7.12. The molecule has 0 radical (unpaired) electrons. The molecule has 2 aromatic heterocycles. The SMILES string of the molecule is CCOC(=O)c1c(C)[nH]c(C(=O)CSc2nnc(COc3ccc(OC)cc3)o2)c1C. The monoisotopic (exact) mass is 445 g/mol. The molecule has 0 spiro atoms. The van der Waals surface area contributed by atoms with Crippen LogP contribution in [0, 0.1) is 13.8 Å². The van der Waals surface area contributed by atoms with Gasteiger partial charge in [0.1, 0.15) is 11.5 Å². The molecule has 10 heteroatoms. The van der Waals surface area contributed by atoms with Crippen molar-refractivity contribution in [3.05, 3.63) is 52.7 Å². The first-order valence-corrected chi connectivity index (χ1v) is 10.5. The number of carbonyl (C=O) groups is 2. The number of benzene rings is 1. The van der Waals surface area contributed by atoms with Gasteiger partial charge in [-0.15, -0.1) is 10.2 Å². The Labute approximate surface area is 183 Å². The molecule has 31 heavy (non-hydrogen) atoms. The fraction of sp³-hybridized carbons (Fsp3) is 0.333. The fourth-order valence-corrected chi connectivity index (χ4v) is 3.56. The van der Waals surface area contributed by atoms with E-state index >= 15 is 0 Å². The van der Waals surface area contributed by atoms with Gasteiger partial charge in [0.05, 0.1) is 30.7 Å². The molecule has 1 N–H and O–H groups in total. The molecule has 0 unspecified atom stereocenters. The minimum Gasteiger partial charge on any atom is -0.497 e. The molecule has 9 nitrogen and oxygen atoms in total. The molecule has 0 atom stereocenters.